The maximum atomic E-state index is 12.6. The fourth-order valence-electron chi connectivity index (χ4n) is 1.60. The zero-order valence-electron chi connectivity index (χ0n) is 11.1. The minimum absolute atomic E-state index is 0.183. The van der Waals surface area contributed by atoms with E-state index in [-0.39, 0.29) is 17.9 Å². The van der Waals surface area contributed by atoms with Gasteiger partial charge in [0.15, 0.2) is 11.5 Å². The monoisotopic (exact) mass is 288 g/mol. The Morgan fingerprint density at radius 2 is 2.10 bits per heavy atom. The molecule has 2 N–H and O–H groups in total. The predicted octanol–water partition coefficient (Wildman–Crippen LogP) is 2.32. The van der Waals surface area contributed by atoms with E-state index in [0.29, 0.717) is 6.42 Å². The van der Waals surface area contributed by atoms with E-state index in [1.54, 1.807) is 6.92 Å². The van der Waals surface area contributed by atoms with E-state index in [1.807, 2.05) is 6.92 Å². The molecule has 0 aliphatic heterocycles. The molecule has 1 unspecified atom stereocenters. The van der Waals surface area contributed by atoms with E-state index in [2.05, 4.69) is 15.4 Å². The fourth-order valence-corrected chi connectivity index (χ4v) is 1.60. The molecule has 0 amide bonds. The van der Waals surface area contributed by atoms with Crippen molar-refractivity contribution in [2.45, 2.75) is 32.0 Å². The van der Waals surface area contributed by atoms with Gasteiger partial charge in [0.05, 0.1) is 5.60 Å². The van der Waals surface area contributed by atoms with Crippen LogP contribution in [-0.4, -0.2) is 31.9 Å². The molecule has 0 spiro atoms. The number of hydrogen-bond acceptors (Lipinski definition) is 4. The molecule has 0 aromatic carbocycles. The molecule has 2 aromatic rings. The van der Waals surface area contributed by atoms with Crippen LogP contribution in [0.4, 0.5) is 19.0 Å². The zero-order chi connectivity index (χ0) is 15.0. The van der Waals surface area contributed by atoms with Gasteiger partial charge in [0.2, 0.25) is 0 Å². The number of aromatic nitrogens is 3. The average Bonchev–Trinajstić information content (AvgIpc) is 2.80. The van der Waals surface area contributed by atoms with Crippen molar-refractivity contribution >= 4 is 11.3 Å². The van der Waals surface area contributed by atoms with Crippen molar-refractivity contribution in [3.8, 4) is 0 Å². The molecule has 0 radical (unpaired) electrons. The highest BCUT2D eigenvalue weighted by molar-refractivity contribution is 5.68. The largest absolute Gasteiger partial charge is 0.435 e. The predicted molar refractivity (Wildman–Crippen MR) is 67.4 cm³/mol. The van der Waals surface area contributed by atoms with Crippen LogP contribution in [0.2, 0.25) is 0 Å². The summed E-state index contributed by atoms with van der Waals surface area (Å²) >= 11 is 0. The number of aliphatic hydroxyl groups is 1. The number of fused-ring (bicyclic) bond motifs is 1. The van der Waals surface area contributed by atoms with E-state index < -0.39 is 17.5 Å². The molecule has 2 heterocycles. The summed E-state index contributed by atoms with van der Waals surface area (Å²) in [6.07, 6.45) is -1.30. The summed E-state index contributed by atoms with van der Waals surface area (Å²) in [6.45, 7) is 3.64. The van der Waals surface area contributed by atoms with Gasteiger partial charge in [-0.1, -0.05) is 6.92 Å². The minimum Gasteiger partial charge on any atom is -0.388 e. The quantitative estimate of drug-likeness (QED) is 0.906. The lowest BCUT2D eigenvalue weighted by Crippen LogP contribution is -2.32. The van der Waals surface area contributed by atoms with E-state index in [1.165, 1.54) is 12.4 Å². The second kappa shape index (κ2) is 4.93. The van der Waals surface area contributed by atoms with Gasteiger partial charge in [-0.2, -0.15) is 18.3 Å². The number of hydrogen-bond donors (Lipinski definition) is 2. The molecule has 110 valence electrons. The lowest BCUT2D eigenvalue weighted by molar-refractivity contribution is -0.141. The summed E-state index contributed by atoms with van der Waals surface area (Å²) in [5.41, 5.74) is -1.72. The van der Waals surface area contributed by atoms with Gasteiger partial charge in [-0.05, 0) is 13.3 Å². The first-order valence-electron chi connectivity index (χ1n) is 6.11. The third-order valence-electron chi connectivity index (χ3n) is 3.08. The SMILES string of the molecule is CCC(C)(O)CNc1nccn2nc(C(F)(F)F)cc12. The molecule has 8 heteroatoms. The molecule has 0 aliphatic rings. The van der Waals surface area contributed by atoms with E-state index in [9.17, 15) is 18.3 Å². The normalized spacial score (nSPS) is 15.3. The van der Waals surface area contributed by atoms with Crippen LogP contribution in [0, 0.1) is 0 Å². The molecule has 20 heavy (non-hydrogen) atoms. The van der Waals surface area contributed by atoms with Crippen LogP contribution in [0.15, 0.2) is 18.5 Å². The van der Waals surface area contributed by atoms with Crippen molar-refractivity contribution in [3.63, 3.8) is 0 Å². The molecular formula is C12H15F3N4O. The summed E-state index contributed by atoms with van der Waals surface area (Å²) in [6, 6.07) is 0.927. The van der Waals surface area contributed by atoms with Crippen molar-refractivity contribution in [1.29, 1.82) is 0 Å². The van der Waals surface area contributed by atoms with Gasteiger partial charge in [-0.3, -0.25) is 0 Å². The first-order chi connectivity index (χ1) is 9.23. The number of rotatable bonds is 4. The maximum absolute atomic E-state index is 12.6. The van der Waals surface area contributed by atoms with Gasteiger partial charge in [0.25, 0.3) is 0 Å². The minimum atomic E-state index is -4.50. The second-order valence-corrected chi connectivity index (χ2v) is 4.84. The van der Waals surface area contributed by atoms with Crippen molar-refractivity contribution in [3.05, 3.63) is 24.2 Å². The molecule has 0 saturated carbocycles. The highest BCUT2D eigenvalue weighted by Gasteiger charge is 2.34. The van der Waals surface area contributed by atoms with Crippen molar-refractivity contribution in [1.82, 2.24) is 14.6 Å². The van der Waals surface area contributed by atoms with Crippen LogP contribution in [0.5, 0.6) is 0 Å². The summed E-state index contributed by atoms with van der Waals surface area (Å²) in [7, 11) is 0. The summed E-state index contributed by atoms with van der Waals surface area (Å²) in [4.78, 5) is 3.99. The highest BCUT2D eigenvalue weighted by Crippen LogP contribution is 2.30. The first kappa shape index (κ1) is 14.6. The molecule has 2 rings (SSSR count). The Balaban J connectivity index is 2.32. The van der Waals surface area contributed by atoms with Crippen LogP contribution in [0.25, 0.3) is 5.52 Å². The van der Waals surface area contributed by atoms with Crippen LogP contribution in [0.1, 0.15) is 26.0 Å². The Kier molecular flexibility index (Phi) is 3.59. The third-order valence-corrected chi connectivity index (χ3v) is 3.08. The number of anilines is 1. The highest BCUT2D eigenvalue weighted by atomic mass is 19.4. The van der Waals surface area contributed by atoms with Gasteiger partial charge in [0.1, 0.15) is 5.52 Å². The van der Waals surface area contributed by atoms with Crippen molar-refractivity contribution in [2.75, 3.05) is 11.9 Å². The lowest BCUT2D eigenvalue weighted by atomic mass is 10.0. The molecule has 0 bridgehead atoms. The first-order valence-corrected chi connectivity index (χ1v) is 6.11. The van der Waals surface area contributed by atoms with Crippen LogP contribution < -0.4 is 5.32 Å². The summed E-state index contributed by atoms with van der Waals surface area (Å²) in [5.74, 6) is 0.254. The molecule has 1 atom stereocenters. The number of alkyl halides is 3. The standard InChI is InChI=1S/C12H15F3N4O/c1-3-11(2,20)7-17-10-8-6-9(12(13,14)15)18-19(8)5-4-16-10/h4-6,20H,3,7H2,1-2H3,(H,16,17). The van der Waals surface area contributed by atoms with Crippen LogP contribution in [0.3, 0.4) is 0 Å². The Hall–Kier alpha value is -1.83. The molecular weight excluding hydrogens is 273 g/mol. The number of halogens is 3. The zero-order valence-corrected chi connectivity index (χ0v) is 11.1. The van der Waals surface area contributed by atoms with Crippen LogP contribution in [-0.2, 0) is 6.18 Å². The van der Waals surface area contributed by atoms with Gasteiger partial charge < -0.3 is 10.4 Å². The molecule has 5 nitrogen and oxygen atoms in total. The summed E-state index contributed by atoms with van der Waals surface area (Å²) in [5, 5.41) is 16.2. The van der Waals surface area contributed by atoms with Gasteiger partial charge in [0, 0.05) is 25.0 Å². The molecule has 2 aromatic heterocycles. The maximum Gasteiger partial charge on any atom is 0.435 e. The van der Waals surface area contributed by atoms with Gasteiger partial charge >= 0.3 is 6.18 Å². The van der Waals surface area contributed by atoms with Crippen molar-refractivity contribution < 1.29 is 18.3 Å². The van der Waals surface area contributed by atoms with E-state index in [0.717, 1.165) is 10.6 Å². The number of nitrogens with zero attached hydrogens (tertiary/aromatic N) is 3. The lowest BCUT2D eigenvalue weighted by Gasteiger charge is -2.21. The van der Waals surface area contributed by atoms with Gasteiger partial charge in [-0.15, -0.1) is 0 Å². The van der Waals surface area contributed by atoms with Crippen LogP contribution >= 0.6 is 0 Å². The van der Waals surface area contributed by atoms with Gasteiger partial charge in [-0.25, -0.2) is 9.50 Å². The Labute approximate surface area is 113 Å². The Morgan fingerprint density at radius 3 is 2.70 bits per heavy atom. The van der Waals surface area contributed by atoms with E-state index >= 15 is 0 Å². The molecule has 0 fully saturated rings. The Morgan fingerprint density at radius 1 is 1.40 bits per heavy atom. The number of nitrogens with one attached hydrogen (secondary N) is 1. The Bertz CT molecular complexity index is 606. The molecule has 0 aliphatic carbocycles. The second-order valence-electron chi connectivity index (χ2n) is 4.84. The molecule has 0 saturated heterocycles. The topological polar surface area (TPSA) is 62.5 Å². The van der Waals surface area contributed by atoms with E-state index in [4.69, 9.17) is 0 Å². The smallest absolute Gasteiger partial charge is 0.388 e. The third kappa shape index (κ3) is 3.01. The fraction of sp³-hybridized carbons (Fsp3) is 0.500. The average molecular weight is 288 g/mol. The summed E-state index contributed by atoms with van der Waals surface area (Å²) < 4.78 is 39.0. The van der Waals surface area contributed by atoms with Crippen molar-refractivity contribution in [2.24, 2.45) is 0 Å².